The number of hydrogen-bond donors (Lipinski definition) is 0. The SMILES string of the molecule is COc1cc(/C=C2/C(=O)ON=C2c2ccc(C)cc2)ccc1OCc1ccccc1. The van der Waals surface area contributed by atoms with Crippen molar-refractivity contribution in [2.45, 2.75) is 13.5 Å². The van der Waals surface area contributed by atoms with Gasteiger partial charge in [-0.2, -0.15) is 0 Å². The highest BCUT2D eigenvalue weighted by molar-refractivity contribution is 6.31. The van der Waals surface area contributed by atoms with E-state index in [1.165, 1.54) is 0 Å². The number of carbonyl (C=O) groups excluding carboxylic acids is 1. The van der Waals surface area contributed by atoms with E-state index in [0.29, 0.717) is 29.4 Å². The molecule has 3 aromatic rings. The summed E-state index contributed by atoms with van der Waals surface area (Å²) in [4.78, 5) is 17.2. The fourth-order valence-corrected chi connectivity index (χ4v) is 3.12. The minimum atomic E-state index is -0.478. The zero-order valence-corrected chi connectivity index (χ0v) is 16.8. The molecular weight excluding hydrogens is 378 g/mol. The monoisotopic (exact) mass is 399 g/mol. The largest absolute Gasteiger partial charge is 0.493 e. The van der Waals surface area contributed by atoms with Crippen LogP contribution in [0.15, 0.2) is 83.5 Å². The molecule has 1 heterocycles. The highest BCUT2D eigenvalue weighted by Gasteiger charge is 2.26. The number of benzene rings is 3. The minimum Gasteiger partial charge on any atom is -0.493 e. The zero-order chi connectivity index (χ0) is 20.9. The van der Waals surface area contributed by atoms with Gasteiger partial charge in [0, 0.05) is 5.56 Å². The predicted molar refractivity (Wildman–Crippen MR) is 116 cm³/mol. The lowest BCUT2D eigenvalue weighted by Gasteiger charge is -2.11. The van der Waals surface area contributed by atoms with Crippen molar-refractivity contribution in [3.05, 3.63) is 101 Å². The van der Waals surface area contributed by atoms with Crippen LogP contribution in [0.4, 0.5) is 0 Å². The van der Waals surface area contributed by atoms with E-state index in [1.807, 2.05) is 79.7 Å². The molecule has 0 amide bonds. The number of oxime groups is 1. The van der Waals surface area contributed by atoms with E-state index in [9.17, 15) is 4.79 Å². The third-order valence-corrected chi connectivity index (χ3v) is 4.76. The third kappa shape index (κ3) is 4.25. The quantitative estimate of drug-likeness (QED) is 0.436. The molecule has 0 spiro atoms. The maximum atomic E-state index is 12.2. The number of carbonyl (C=O) groups is 1. The topological polar surface area (TPSA) is 57.1 Å². The summed E-state index contributed by atoms with van der Waals surface area (Å²) in [5.41, 5.74) is 4.73. The van der Waals surface area contributed by atoms with Crippen LogP contribution in [0.25, 0.3) is 6.08 Å². The molecule has 0 bridgehead atoms. The van der Waals surface area contributed by atoms with E-state index in [4.69, 9.17) is 14.3 Å². The number of hydrogen-bond acceptors (Lipinski definition) is 5. The molecule has 1 aliphatic rings. The molecule has 0 unspecified atom stereocenters. The summed E-state index contributed by atoms with van der Waals surface area (Å²) in [6.07, 6.45) is 1.75. The van der Waals surface area contributed by atoms with Crippen molar-refractivity contribution in [1.29, 1.82) is 0 Å². The summed E-state index contributed by atoms with van der Waals surface area (Å²) in [5.74, 6) is 0.736. The second-order valence-corrected chi connectivity index (χ2v) is 6.93. The van der Waals surface area contributed by atoms with Crippen molar-refractivity contribution in [3.63, 3.8) is 0 Å². The van der Waals surface area contributed by atoms with Crippen LogP contribution < -0.4 is 9.47 Å². The van der Waals surface area contributed by atoms with Gasteiger partial charge in [-0.3, -0.25) is 0 Å². The molecule has 4 rings (SSSR count). The van der Waals surface area contributed by atoms with Crippen molar-refractivity contribution >= 4 is 17.8 Å². The van der Waals surface area contributed by atoms with Crippen LogP contribution in [-0.4, -0.2) is 18.8 Å². The summed E-state index contributed by atoms with van der Waals surface area (Å²) in [5, 5.41) is 3.96. The first kappa shape index (κ1) is 19.5. The van der Waals surface area contributed by atoms with Crippen molar-refractivity contribution in [1.82, 2.24) is 0 Å². The molecule has 0 saturated heterocycles. The van der Waals surface area contributed by atoms with Gasteiger partial charge in [-0.1, -0.05) is 71.4 Å². The Morgan fingerprint density at radius 3 is 2.47 bits per heavy atom. The number of methoxy groups -OCH3 is 1. The molecule has 0 fully saturated rings. The summed E-state index contributed by atoms with van der Waals surface area (Å²) in [7, 11) is 1.59. The van der Waals surface area contributed by atoms with Gasteiger partial charge in [0.1, 0.15) is 12.3 Å². The molecule has 3 aromatic carbocycles. The summed E-state index contributed by atoms with van der Waals surface area (Å²) in [6.45, 7) is 2.44. The van der Waals surface area contributed by atoms with Gasteiger partial charge in [0.15, 0.2) is 11.5 Å². The van der Waals surface area contributed by atoms with Crippen molar-refractivity contribution < 1.29 is 19.1 Å². The van der Waals surface area contributed by atoms with Crippen LogP contribution in [0.1, 0.15) is 22.3 Å². The second kappa shape index (κ2) is 8.66. The van der Waals surface area contributed by atoms with E-state index in [2.05, 4.69) is 5.16 Å². The summed E-state index contributed by atoms with van der Waals surface area (Å²) >= 11 is 0. The fraction of sp³-hybridized carbons (Fsp3) is 0.120. The van der Waals surface area contributed by atoms with Crippen LogP contribution in [0.2, 0.25) is 0 Å². The zero-order valence-electron chi connectivity index (χ0n) is 16.8. The Hall–Kier alpha value is -3.86. The first-order valence-electron chi connectivity index (χ1n) is 9.57. The molecule has 5 heteroatoms. The predicted octanol–water partition coefficient (Wildman–Crippen LogP) is 4.93. The number of rotatable bonds is 6. The Bertz CT molecular complexity index is 1120. The normalized spacial score (nSPS) is 14.4. The molecule has 0 atom stereocenters. The van der Waals surface area contributed by atoms with Crippen molar-refractivity contribution in [2.24, 2.45) is 5.16 Å². The Morgan fingerprint density at radius 1 is 0.967 bits per heavy atom. The molecular formula is C25H21NO4. The Kier molecular flexibility index (Phi) is 5.61. The Morgan fingerprint density at radius 2 is 1.73 bits per heavy atom. The smallest absolute Gasteiger partial charge is 0.368 e. The Labute approximate surface area is 175 Å². The van der Waals surface area contributed by atoms with Crippen LogP contribution in [0.3, 0.4) is 0 Å². The van der Waals surface area contributed by atoms with Crippen LogP contribution in [0.5, 0.6) is 11.5 Å². The van der Waals surface area contributed by atoms with Gasteiger partial charge in [0.2, 0.25) is 0 Å². The van der Waals surface area contributed by atoms with Crippen LogP contribution in [0, 0.1) is 6.92 Å². The van der Waals surface area contributed by atoms with E-state index in [0.717, 1.165) is 22.3 Å². The Balaban J connectivity index is 1.58. The molecule has 0 radical (unpaired) electrons. The standard InChI is InChI=1S/C25H21NO4/c1-17-8-11-20(12-9-17)24-21(25(27)30-26-24)14-19-10-13-22(23(15-19)28-2)29-16-18-6-4-3-5-7-18/h3-15H,16H2,1-2H3/b21-14+. The molecule has 0 N–H and O–H groups in total. The third-order valence-electron chi connectivity index (χ3n) is 4.76. The lowest BCUT2D eigenvalue weighted by molar-refractivity contribution is -0.136. The highest BCUT2D eigenvalue weighted by atomic mass is 16.7. The number of nitrogens with zero attached hydrogens (tertiary/aromatic N) is 1. The van der Waals surface area contributed by atoms with Gasteiger partial charge in [0.05, 0.1) is 12.7 Å². The molecule has 1 aliphatic heterocycles. The summed E-state index contributed by atoms with van der Waals surface area (Å²) < 4.78 is 11.4. The minimum absolute atomic E-state index is 0.402. The average molecular weight is 399 g/mol. The molecule has 0 saturated carbocycles. The van der Waals surface area contributed by atoms with Gasteiger partial charge >= 0.3 is 5.97 Å². The maximum absolute atomic E-state index is 12.2. The lowest BCUT2D eigenvalue weighted by Crippen LogP contribution is -2.07. The van der Waals surface area contributed by atoms with Gasteiger partial charge in [-0.15, -0.1) is 0 Å². The maximum Gasteiger partial charge on any atom is 0.368 e. The van der Waals surface area contributed by atoms with Crippen LogP contribution in [-0.2, 0) is 16.2 Å². The van der Waals surface area contributed by atoms with Gasteiger partial charge in [-0.25, -0.2) is 4.79 Å². The van der Waals surface area contributed by atoms with Crippen LogP contribution >= 0.6 is 0 Å². The molecule has 150 valence electrons. The highest BCUT2D eigenvalue weighted by Crippen LogP contribution is 2.30. The first-order chi connectivity index (χ1) is 14.6. The van der Waals surface area contributed by atoms with E-state index in [1.54, 1.807) is 13.2 Å². The molecule has 30 heavy (non-hydrogen) atoms. The van der Waals surface area contributed by atoms with E-state index < -0.39 is 5.97 Å². The summed E-state index contributed by atoms with van der Waals surface area (Å²) in [6, 6.07) is 23.2. The average Bonchev–Trinajstić information content (AvgIpc) is 3.14. The van der Waals surface area contributed by atoms with E-state index >= 15 is 0 Å². The van der Waals surface area contributed by atoms with Gasteiger partial charge < -0.3 is 14.3 Å². The first-order valence-corrected chi connectivity index (χ1v) is 9.57. The molecule has 5 nitrogen and oxygen atoms in total. The van der Waals surface area contributed by atoms with Gasteiger partial charge in [-0.05, 0) is 36.3 Å². The number of aryl methyl sites for hydroxylation is 1. The van der Waals surface area contributed by atoms with Crippen molar-refractivity contribution in [2.75, 3.05) is 7.11 Å². The fourth-order valence-electron chi connectivity index (χ4n) is 3.12. The molecule has 0 aromatic heterocycles. The van der Waals surface area contributed by atoms with Crippen molar-refractivity contribution in [3.8, 4) is 11.5 Å². The number of ether oxygens (including phenoxy) is 2. The lowest BCUT2D eigenvalue weighted by atomic mass is 10.00. The molecule has 0 aliphatic carbocycles. The van der Waals surface area contributed by atoms with Gasteiger partial charge in [0.25, 0.3) is 0 Å². The second-order valence-electron chi connectivity index (χ2n) is 6.93. The van der Waals surface area contributed by atoms with E-state index in [-0.39, 0.29) is 0 Å².